The minimum Gasteiger partial charge on any atom is -0.372 e. The van der Waals surface area contributed by atoms with Crippen molar-refractivity contribution in [2.75, 3.05) is 24.6 Å². The average molecular weight is 237 g/mol. The molecule has 1 fully saturated rings. The van der Waals surface area contributed by atoms with Gasteiger partial charge < -0.3 is 9.64 Å². The number of hydrogen-bond donors (Lipinski definition) is 0. The van der Waals surface area contributed by atoms with Crippen molar-refractivity contribution in [2.24, 2.45) is 0 Å². The lowest BCUT2D eigenvalue weighted by atomic mass is 10.1. The van der Waals surface area contributed by atoms with Crippen LogP contribution in [0.25, 0.3) is 0 Å². The summed E-state index contributed by atoms with van der Waals surface area (Å²) in [5, 5.41) is 0. The normalized spacial score (nSPS) is 19.1. The smallest absolute Gasteiger partial charge is 0.152 e. The Morgan fingerprint density at radius 3 is 2.88 bits per heavy atom. The molecule has 1 aliphatic rings. The minimum absolute atomic E-state index is 0.319. The number of benzene rings is 1. The third-order valence-corrected chi connectivity index (χ3v) is 2.89. The molecular formula is C13H16FNO2. The first-order valence-electron chi connectivity index (χ1n) is 5.66. The topological polar surface area (TPSA) is 29.5 Å². The fourth-order valence-corrected chi connectivity index (χ4v) is 2.17. The molecule has 0 radical (unpaired) electrons. The lowest BCUT2D eigenvalue weighted by Gasteiger charge is -2.39. The van der Waals surface area contributed by atoms with Crippen molar-refractivity contribution in [3.8, 4) is 0 Å². The zero-order valence-electron chi connectivity index (χ0n) is 10.1. The van der Waals surface area contributed by atoms with Gasteiger partial charge in [-0.15, -0.1) is 0 Å². The van der Waals surface area contributed by atoms with Crippen LogP contribution in [0.4, 0.5) is 10.1 Å². The lowest BCUT2D eigenvalue weighted by molar-refractivity contribution is -0.0278. The van der Waals surface area contributed by atoms with E-state index in [2.05, 4.69) is 0 Å². The molecule has 0 atom stereocenters. The fraction of sp³-hybridized carbons (Fsp3) is 0.462. The Hall–Kier alpha value is -1.42. The summed E-state index contributed by atoms with van der Waals surface area (Å²) in [6.45, 7) is 5.64. The van der Waals surface area contributed by atoms with Gasteiger partial charge >= 0.3 is 0 Å². The van der Waals surface area contributed by atoms with Crippen molar-refractivity contribution < 1.29 is 13.9 Å². The summed E-state index contributed by atoms with van der Waals surface area (Å²) in [6, 6.07) is 4.56. The van der Waals surface area contributed by atoms with Crippen LogP contribution in [0, 0.1) is 5.82 Å². The molecule has 0 amide bonds. The van der Waals surface area contributed by atoms with Crippen molar-refractivity contribution in [1.82, 2.24) is 0 Å². The van der Waals surface area contributed by atoms with Crippen LogP contribution in [-0.2, 0) is 4.74 Å². The molecule has 1 aromatic rings. The monoisotopic (exact) mass is 237 g/mol. The molecule has 1 aliphatic heterocycles. The second kappa shape index (κ2) is 4.45. The molecule has 0 aromatic heterocycles. The number of para-hydroxylation sites is 1. The van der Waals surface area contributed by atoms with Crippen LogP contribution in [0.2, 0.25) is 0 Å². The van der Waals surface area contributed by atoms with Gasteiger partial charge in [0.15, 0.2) is 6.29 Å². The van der Waals surface area contributed by atoms with Gasteiger partial charge in [0, 0.05) is 18.7 Å². The summed E-state index contributed by atoms with van der Waals surface area (Å²) in [6.07, 6.45) is 0.695. The number of halogens is 1. The van der Waals surface area contributed by atoms with E-state index in [9.17, 15) is 9.18 Å². The van der Waals surface area contributed by atoms with E-state index in [1.165, 1.54) is 6.07 Å². The van der Waals surface area contributed by atoms with Gasteiger partial charge in [-0.1, -0.05) is 6.07 Å². The Morgan fingerprint density at radius 1 is 1.47 bits per heavy atom. The zero-order valence-corrected chi connectivity index (χ0v) is 10.1. The number of morpholine rings is 1. The summed E-state index contributed by atoms with van der Waals surface area (Å²) < 4.78 is 19.4. The molecular weight excluding hydrogens is 221 g/mol. The molecule has 92 valence electrons. The maximum absolute atomic E-state index is 13.8. The van der Waals surface area contributed by atoms with Gasteiger partial charge in [0.25, 0.3) is 0 Å². The molecule has 0 unspecified atom stereocenters. The highest BCUT2D eigenvalue weighted by Gasteiger charge is 2.29. The van der Waals surface area contributed by atoms with E-state index in [1.807, 2.05) is 18.7 Å². The standard InChI is InChI=1S/C13H16FNO2/c1-13(2)9-15(6-7-17-13)12-10(8-16)4-3-5-11(12)14/h3-5,8H,6-7,9H2,1-2H3. The number of nitrogens with zero attached hydrogens (tertiary/aromatic N) is 1. The van der Waals surface area contributed by atoms with Crippen LogP contribution < -0.4 is 4.90 Å². The summed E-state index contributed by atoms with van der Waals surface area (Å²) in [5.41, 5.74) is 0.460. The molecule has 0 bridgehead atoms. The second-order valence-electron chi connectivity index (χ2n) is 4.83. The van der Waals surface area contributed by atoms with Crippen molar-refractivity contribution in [2.45, 2.75) is 19.4 Å². The molecule has 1 saturated heterocycles. The van der Waals surface area contributed by atoms with Crippen LogP contribution in [0.15, 0.2) is 18.2 Å². The van der Waals surface area contributed by atoms with Crippen LogP contribution in [0.3, 0.4) is 0 Å². The van der Waals surface area contributed by atoms with E-state index < -0.39 is 0 Å². The summed E-state index contributed by atoms with van der Waals surface area (Å²) in [5.74, 6) is -0.354. The highest BCUT2D eigenvalue weighted by molar-refractivity contribution is 5.84. The predicted octanol–water partition coefficient (Wildman–Crippen LogP) is 2.25. The SMILES string of the molecule is CC1(C)CN(c2c(F)cccc2C=O)CCO1. The second-order valence-corrected chi connectivity index (χ2v) is 4.83. The average Bonchev–Trinajstić information content (AvgIpc) is 2.27. The van der Waals surface area contributed by atoms with Crippen molar-refractivity contribution in [3.63, 3.8) is 0 Å². The molecule has 0 spiro atoms. The van der Waals surface area contributed by atoms with Gasteiger partial charge in [-0.05, 0) is 26.0 Å². The maximum atomic E-state index is 13.8. The summed E-state index contributed by atoms with van der Waals surface area (Å²) in [4.78, 5) is 12.8. The van der Waals surface area contributed by atoms with Crippen molar-refractivity contribution in [3.05, 3.63) is 29.6 Å². The number of anilines is 1. The van der Waals surface area contributed by atoms with Gasteiger partial charge in [-0.2, -0.15) is 0 Å². The van der Waals surface area contributed by atoms with E-state index in [0.29, 0.717) is 37.2 Å². The van der Waals surface area contributed by atoms with E-state index in [0.717, 1.165) is 0 Å². The van der Waals surface area contributed by atoms with Crippen LogP contribution in [-0.4, -0.2) is 31.6 Å². The van der Waals surface area contributed by atoms with Gasteiger partial charge in [0.05, 0.1) is 17.9 Å². The molecule has 0 N–H and O–H groups in total. The third kappa shape index (κ3) is 2.47. The quantitative estimate of drug-likeness (QED) is 0.739. The molecule has 17 heavy (non-hydrogen) atoms. The van der Waals surface area contributed by atoms with Crippen LogP contribution >= 0.6 is 0 Å². The van der Waals surface area contributed by atoms with E-state index in [1.54, 1.807) is 12.1 Å². The molecule has 1 heterocycles. The van der Waals surface area contributed by atoms with E-state index in [4.69, 9.17) is 4.74 Å². The molecule has 3 nitrogen and oxygen atoms in total. The molecule has 1 aromatic carbocycles. The maximum Gasteiger partial charge on any atom is 0.152 e. The number of rotatable bonds is 2. The Morgan fingerprint density at radius 2 is 2.24 bits per heavy atom. The first kappa shape index (κ1) is 12.0. The summed E-state index contributed by atoms with van der Waals surface area (Å²) in [7, 11) is 0. The Bertz CT molecular complexity index is 431. The first-order chi connectivity index (χ1) is 8.03. The number of carbonyl (C=O) groups is 1. The van der Waals surface area contributed by atoms with Gasteiger partial charge in [-0.25, -0.2) is 4.39 Å². The number of hydrogen-bond acceptors (Lipinski definition) is 3. The Kier molecular flexibility index (Phi) is 3.15. The van der Waals surface area contributed by atoms with Crippen molar-refractivity contribution in [1.29, 1.82) is 0 Å². The third-order valence-electron chi connectivity index (χ3n) is 2.89. The zero-order chi connectivity index (χ0) is 12.5. The van der Waals surface area contributed by atoms with E-state index >= 15 is 0 Å². The van der Waals surface area contributed by atoms with Crippen molar-refractivity contribution >= 4 is 12.0 Å². The predicted molar refractivity (Wildman–Crippen MR) is 64.0 cm³/mol. The van der Waals surface area contributed by atoms with E-state index in [-0.39, 0.29) is 11.4 Å². The molecule has 2 rings (SSSR count). The first-order valence-corrected chi connectivity index (χ1v) is 5.66. The Labute approximate surface area is 100 Å². The lowest BCUT2D eigenvalue weighted by Crippen LogP contribution is -2.49. The number of aldehydes is 1. The minimum atomic E-state index is -0.354. The molecule has 4 heteroatoms. The highest BCUT2D eigenvalue weighted by atomic mass is 19.1. The highest BCUT2D eigenvalue weighted by Crippen LogP contribution is 2.28. The van der Waals surface area contributed by atoms with Crippen LogP contribution in [0.5, 0.6) is 0 Å². The molecule has 0 aliphatic carbocycles. The molecule has 0 saturated carbocycles. The number of carbonyl (C=O) groups excluding carboxylic acids is 1. The van der Waals surface area contributed by atoms with Crippen LogP contribution in [0.1, 0.15) is 24.2 Å². The fourth-order valence-electron chi connectivity index (χ4n) is 2.17. The Balaban J connectivity index is 2.36. The van der Waals surface area contributed by atoms with Gasteiger partial charge in [0.2, 0.25) is 0 Å². The largest absolute Gasteiger partial charge is 0.372 e. The summed E-state index contributed by atoms with van der Waals surface area (Å²) >= 11 is 0. The van der Waals surface area contributed by atoms with Gasteiger partial charge in [-0.3, -0.25) is 4.79 Å². The van der Waals surface area contributed by atoms with Gasteiger partial charge in [0.1, 0.15) is 5.82 Å². The number of ether oxygens (including phenoxy) is 1.